The van der Waals surface area contributed by atoms with Gasteiger partial charge in [0.05, 0.1) is 0 Å². The molecular formula is H120N20O30. The highest BCUT2D eigenvalue weighted by molar-refractivity contribution is 2.15. The summed E-state index contributed by atoms with van der Waals surface area (Å²) < 4.78 is 0. The number of rotatable bonds is 0. The molecule has 400 valence electrons. The maximum absolute atomic E-state index is 0. The minimum Gasteiger partial charge on any atom is -0.412 e. The molecule has 50 nitrogen and oxygen atoms in total. The Hall–Kier alpha value is -2.00. The van der Waals surface area contributed by atoms with Gasteiger partial charge in [0.1, 0.15) is 0 Å². The first kappa shape index (κ1) is 26500. The predicted molar refractivity (Wildman–Crippen MR) is 209 cm³/mol. The van der Waals surface area contributed by atoms with Gasteiger partial charge in [-0.1, -0.05) is 0 Å². The third-order valence-electron chi connectivity index (χ3n) is 0. The first-order chi connectivity index (χ1) is 0. The third-order valence-corrected chi connectivity index (χ3v) is 0. The molecular weight excluding hydrogens is 760 g/mol. The molecule has 50 heteroatoms. The van der Waals surface area contributed by atoms with Gasteiger partial charge in [0, 0.05) is 0 Å². The predicted octanol–water partition coefficient (Wildman–Crippen LogP) is -21.5. The minimum atomic E-state index is 0. The van der Waals surface area contributed by atoms with Gasteiger partial charge in [-0.3, -0.25) is 0 Å². The van der Waals surface area contributed by atoms with Crippen LogP contribution in [0.25, 0.3) is 0 Å². The Bertz CT molecular complexity index is 48.5. The molecule has 0 saturated carbocycles. The smallest absolute Gasteiger partial charge is 0.344 e. The van der Waals surface area contributed by atoms with E-state index in [-0.39, 0.29) is 287 Å². The van der Waals surface area contributed by atoms with E-state index in [1.807, 2.05) is 0 Å². The van der Waals surface area contributed by atoms with E-state index in [2.05, 4.69) is 0 Å². The summed E-state index contributed by atoms with van der Waals surface area (Å²) in [4.78, 5) is 0. The molecule has 0 aliphatic heterocycles. The van der Waals surface area contributed by atoms with Crippen molar-refractivity contribution >= 4 is 0 Å². The van der Waals surface area contributed by atoms with Gasteiger partial charge < -0.3 is 287 Å². The fraction of sp³-hybridized carbons (Fsp3) is 0. The second kappa shape index (κ2) is 24900. The third kappa shape index (κ3) is 23300. The summed E-state index contributed by atoms with van der Waals surface area (Å²) in [5.41, 5.74) is 0. The second-order valence-corrected chi connectivity index (χ2v) is 0. The normalized spacial score (nSPS) is 0. The average Bonchev–Trinajstić information content (AvgIpc) is 0. The molecule has 0 radical (unpaired) electrons. The molecule has 0 aromatic carbocycles. The van der Waals surface area contributed by atoms with Crippen molar-refractivity contribution in [1.29, 1.82) is 0 Å². The van der Waals surface area contributed by atoms with Gasteiger partial charge in [0.25, 0.3) is 0 Å². The monoisotopic (exact) mass is 881 g/mol. The largest absolute Gasteiger partial charge is 0.412 e. The molecule has 0 bridgehead atoms. The summed E-state index contributed by atoms with van der Waals surface area (Å²) in [6.45, 7) is 0. The maximum Gasteiger partial charge on any atom is -0.344 e. The summed E-state index contributed by atoms with van der Waals surface area (Å²) in [6.07, 6.45) is 0. The highest BCUT2D eigenvalue weighted by Gasteiger charge is -0.316. The molecule has 0 heterocycles. The Labute approximate surface area is 289 Å². The molecule has 0 spiro atoms. The van der Waals surface area contributed by atoms with Crippen LogP contribution in [-0.4, -0.2) is 164 Å². The Kier molecular flexibility index (Phi) is 13200000. The van der Waals surface area contributed by atoms with Crippen LogP contribution in [0.15, 0.2) is 0 Å². The van der Waals surface area contributed by atoms with E-state index < -0.39 is 0 Å². The van der Waals surface area contributed by atoms with Crippen LogP contribution in [0.4, 0.5) is 0 Å². The van der Waals surface area contributed by atoms with Gasteiger partial charge in [-0.2, -0.15) is 0 Å². The van der Waals surface area contributed by atoms with E-state index in [0.717, 1.165) is 0 Å². The molecule has 0 fully saturated rings. The van der Waals surface area contributed by atoms with Crippen LogP contribution in [0.1, 0.15) is 0 Å². The zero-order chi connectivity index (χ0) is 0. The van der Waals surface area contributed by atoms with Gasteiger partial charge in [-0.25, -0.2) is 0 Å². The summed E-state index contributed by atoms with van der Waals surface area (Å²) in [6, 6.07) is 0. The summed E-state index contributed by atoms with van der Waals surface area (Å²) >= 11 is 0. The number of hydrogen-bond donors (Lipinski definition) is 20. The topological polar surface area (TPSA) is 1640 Å². The highest BCUT2D eigenvalue weighted by Crippen LogP contribution is -0.257. The molecule has 0 rings (SSSR count). The standard InChI is InChI=1S/20H3N.30H2O/h20*1H3;30*1H2. The first-order valence-electron chi connectivity index (χ1n) is 0. The molecule has 50 heavy (non-hydrogen) atoms. The average molecular weight is 881 g/mol. The van der Waals surface area contributed by atoms with Gasteiger partial charge in [0.2, 0.25) is 0 Å². The van der Waals surface area contributed by atoms with E-state index in [0.29, 0.717) is 0 Å². The van der Waals surface area contributed by atoms with Crippen LogP contribution in [0.2, 0.25) is 0 Å². The van der Waals surface area contributed by atoms with E-state index in [4.69, 9.17) is 0 Å². The molecule has 0 amide bonds. The lowest BCUT2D eigenvalue weighted by Gasteiger charge is -0.413. The molecule has 0 aliphatic carbocycles. The molecule has 0 saturated heterocycles. The zero-order valence-electron chi connectivity index (χ0n) is 29.1. The van der Waals surface area contributed by atoms with Gasteiger partial charge in [-0.05, 0) is 0 Å². The first-order valence-corrected chi connectivity index (χ1v) is 0. The van der Waals surface area contributed by atoms with Crippen molar-refractivity contribution in [1.82, 2.24) is 123 Å². The lowest BCUT2D eigenvalue weighted by molar-refractivity contribution is 0.823. The summed E-state index contributed by atoms with van der Waals surface area (Å²) in [5.74, 6) is 0. The van der Waals surface area contributed by atoms with Crippen molar-refractivity contribution in [2.75, 3.05) is 0 Å². The van der Waals surface area contributed by atoms with E-state index >= 15 is 0 Å². The lowest BCUT2D eigenvalue weighted by Crippen LogP contribution is -0.482. The van der Waals surface area contributed by atoms with Crippen molar-refractivity contribution in [2.45, 2.75) is 0 Å². The van der Waals surface area contributed by atoms with E-state index in [1.54, 1.807) is 0 Å². The Balaban J connectivity index is 0. The Morgan fingerprint density at radius 2 is 0.0400 bits per heavy atom. The summed E-state index contributed by atoms with van der Waals surface area (Å²) in [7, 11) is 0. The maximum atomic E-state index is 0. The molecule has 0 aromatic rings. The van der Waals surface area contributed by atoms with Crippen molar-refractivity contribution < 1.29 is 164 Å². The van der Waals surface area contributed by atoms with Crippen molar-refractivity contribution in [3.8, 4) is 0 Å². The van der Waals surface area contributed by atoms with E-state index in [1.165, 1.54) is 0 Å². The van der Waals surface area contributed by atoms with E-state index in [9.17, 15) is 0 Å². The molecule has 0 atom stereocenters. The highest BCUT2D eigenvalue weighted by atomic mass is 16.0. The van der Waals surface area contributed by atoms with Crippen LogP contribution in [0.3, 0.4) is 0 Å². The zero-order valence-corrected chi connectivity index (χ0v) is 29.1. The fourth-order valence-corrected chi connectivity index (χ4v) is 0. The van der Waals surface area contributed by atoms with Crippen LogP contribution >= 0.6 is 0 Å². The van der Waals surface area contributed by atoms with Crippen molar-refractivity contribution in [3.63, 3.8) is 0 Å². The Morgan fingerprint density at radius 1 is 0.0400 bits per heavy atom. The molecule has 0 unspecified atom stereocenters. The van der Waals surface area contributed by atoms with Crippen LogP contribution in [-0.2, 0) is 0 Å². The van der Waals surface area contributed by atoms with Crippen molar-refractivity contribution in [3.05, 3.63) is 0 Å². The van der Waals surface area contributed by atoms with Crippen LogP contribution in [0, 0.1) is 0 Å². The van der Waals surface area contributed by atoms with Crippen LogP contribution < -0.4 is 123 Å². The molecule has 120 N–H and O–H groups in total. The number of hydrogen-bond acceptors (Lipinski definition) is 20. The van der Waals surface area contributed by atoms with Gasteiger partial charge in [-0.15, -0.1) is 0 Å². The lowest BCUT2D eigenvalue weighted by atomic mass is 14.0. The molecule has 0 aromatic heterocycles. The second-order valence-electron chi connectivity index (χ2n) is 0. The Morgan fingerprint density at radius 3 is 0.0400 bits per heavy atom. The van der Waals surface area contributed by atoms with Crippen LogP contribution in [0.5, 0.6) is 0 Å². The quantitative estimate of drug-likeness (QED) is 0.107. The molecule has 0 aliphatic rings. The fourth-order valence-electron chi connectivity index (χ4n) is 0. The minimum absolute atomic E-state index is 0. The SMILES string of the molecule is N.N.N.N.N.N.N.N.N.N.N.N.N.N.N.N.N.N.N.N.O.O.O.O.O.O.O.O.O.O.O.O.O.O.O.O.O.O.O.O.O.O.O.O.O.O.O.O.O.O. The van der Waals surface area contributed by atoms with Crippen molar-refractivity contribution in [2.24, 2.45) is 0 Å². The summed E-state index contributed by atoms with van der Waals surface area (Å²) in [5, 5.41) is 0. The van der Waals surface area contributed by atoms with Gasteiger partial charge >= 0.3 is 0 Å². The van der Waals surface area contributed by atoms with Gasteiger partial charge in [0.15, 0.2) is 0 Å².